The Labute approximate surface area is 419 Å². The first-order valence-electron chi connectivity index (χ1n) is 25.2. The summed E-state index contributed by atoms with van der Waals surface area (Å²) in [4.78, 5) is 2.53. The van der Waals surface area contributed by atoms with Crippen molar-refractivity contribution in [2.24, 2.45) is 0 Å². The molecule has 0 bridgehead atoms. The van der Waals surface area contributed by atoms with E-state index in [-0.39, 0.29) is 5.41 Å². The van der Waals surface area contributed by atoms with Gasteiger partial charge in [-0.15, -0.1) is 0 Å². The number of nitrogens with zero attached hydrogens (tertiary/aromatic N) is 1. The van der Waals surface area contributed by atoms with Crippen LogP contribution in [0.2, 0.25) is 0 Å². The van der Waals surface area contributed by atoms with Gasteiger partial charge >= 0.3 is 0 Å². The minimum Gasteiger partial charge on any atom is -0.456 e. The van der Waals surface area contributed by atoms with Gasteiger partial charge in [0.05, 0.1) is 11.1 Å². The molecule has 2 nitrogen and oxygen atoms in total. The lowest BCUT2D eigenvalue weighted by atomic mass is 9.65. The summed E-state index contributed by atoms with van der Waals surface area (Å²) >= 11 is 0. The summed E-state index contributed by atoms with van der Waals surface area (Å²) in [5.41, 5.74) is 26.7. The van der Waals surface area contributed by atoms with Crippen LogP contribution < -0.4 is 4.90 Å². The van der Waals surface area contributed by atoms with Crippen molar-refractivity contribution in [2.75, 3.05) is 4.90 Å². The number of benzene rings is 11. The smallest absolute Gasteiger partial charge is 0.136 e. The van der Waals surface area contributed by atoms with Crippen molar-refractivity contribution in [3.8, 4) is 66.8 Å². The monoisotopic (exact) mass is 917 g/mol. The summed E-state index contributed by atoms with van der Waals surface area (Å²) in [5.74, 6) is 0. The van der Waals surface area contributed by atoms with Crippen LogP contribution in [0.4, 0.5) is 17.1 Å². The molecular formula is C70H47NO. The lowest BCUT2D eigenvalue weighted by molar-refractivity contribution is 0.660. The van der Waals surface area contributed by atoms with E-state index in [1.807, 2.05) is 0 Å². The Balaban J connectivity index is 1.04. The van der Waals surface area contributed by atoms with E-state index in [9.17, 15) is 0 Å². The van der Waals surface area contributed by atoms with Crippen LogP contribution in [-0.4, -0.2) is 0 Å². The molecule has 1 spiro atoms. The quantitative estimate of drug-likeness (QED) is 0.171. The van der Waals surface area contributed by atoms with Crippen molar-refractivity contribution in [3.05, 3.63) is 282 Å². The maximum atomic E-state index is 6.67. The average Bonchev–Trinajstić information content (AvgIpc) is 4.03. The molecular weight excluding hydrogens is 871 g/mol. The number of fused-ring (bicyclic) bond motifs is 19. The Kier molecular flexibility index (Phi) is 8.66. The molecule has 3 aliphatic rings. The second-order valence-electron chi connectivity index (χ2n) is 20.3. The number of rotatable bonds is 5. The zero-order chi connectivity index (χ0) is 47.7. The Morgan fingerprint density at radius 1 is 0.319 bits per heavy atom. The summed E-state index contributed by atoms with van der Waals surface area (Å²) < 4.78 is 6.67. The maximum Gasteiger partial charge on any atom is 0.136 e. The van der Waals surface area contributed by atoms with Crippen LogP contribution >= 0.6 is 0 Å². The molecule has 1 aromatic heterocycles. The van der Waals surface area contributed by atoms with Crippen LogP contribution in [0.25, 0.3) is 88.7 Å². The van der Waals surface area contributed by atoms with E-state index in [0.717, 1.165) is 44.7 Å². The van der Waals surface area contributed by atoms with Crippen LogP contribution in [0.5, 0.6) is 0 Å². The highest BCUT2D eigenvalue weighted by molar-refractivity contribution is 6.16. The normalized spacial score (nSPS) is 15.2. The molecule has 3 aliphatic carbocycles. The predicted octanol–water partition coefficient (Wildman–Crippen LogP) is 18.7. The number of para-hydroxylation sites is 2. The SMILES string of the molecule is CC1(C)c2ccccc2-c2ccc(N(c3ccc4c(c3)C3(c5ccccc5-c5ccccc5-4)c4ccccc4-c4c3ccc3oc5ccccc5c43)c3ccccc3-c3ccc(-c4ccccc4)cc3)cc21. The third-order valence-electron chi connectivity index (χ3n) is 16.3. The summed E-state index contributed by atoms with van der Waals surface area (Å²) in [6, 6.07) is 92.7. The van der Waals surface area contributed by atoms with Crippen molar-refractivity contribution in [1.29, 1.82) is 0 Å². The molecule has 338 valence electrons. The number of hydrogen-bond acceptors (Lipinski definition) is 2. The highest BCUT2D eigenvalue weighted by Crippen LogP contribution is 2.64. The molecule has 12 aromatic rings. The largest absolute Gasteiger partial charge is 0.456 e. The van der Waals surface area contributed by atoms with Gasteiger partial charge in [-0.3, -0.25) is 0 Å². The molecule has 0 amide bonds. The molecule has 0 saturated carbocycles. The first-order valence-corrected chi connectivity index (χ1v) is 25.2. The highest BCUT2D eigenvalue weighted by Gasteiger charge is 2.51. The number of hydrogen-bond donors (Lipinski definition) is 0. The third kappa shape index (κ3) is 5.61. The number of anilines is 3. The van der Waals surface area contributed by atoms with Gasteiger partial charge in [-0.1, -0.05) is 220 Å². The van der Waals surface area contributed by atoms with Gasteiger partial charge < -0.3 is 9.32 Å². The molecule has 0 radical (unpaired) electrons. The van der Waals surface area contributed by atoms with E-state index in [4.69, 9.17) is 4.42 Å². The van der Waals surface area contributed by atoms with Crippen LogP contribution in [0.3, 0.4) is 0 Å². The predicted molar refractivity (Wildman–Crippen MR) is 299 cm³/mol. The van der Waals surface area contributed by atoms with Crippen LogP contribution in [0.15, 0.2) is 253 Å². The van der Waals surface area contributed by atoms with E-state index >= 15 is 0 Å². The fourth-order valence-corrected chi connectivity index (χ4v) is 13.2. The highest BCUT2D eigenvalue weighted by atomic mass is 16.3. The van der Waals surface area contributed by atoms with Gasteiger partial charge in [0, 0.05) is 33.1 Å². The maximum absolute atomic E-state index is 6.67. The second kappa shape index (κ2) is 15.3. The lowest BCUT2D eigenvalue weighted by Crippen LogP contribution is -2.29. The van der Waals surface area contributed by atoms with Crippen LogP contribution in [-0.2, 0) is 10.8 Å². The zero-order valence-corrected chi connectivity index (χ0v) is 40.0. The minimum atomic E-state index is -0.709. The second-order valence-corrected chi connectivity index (χ2v) is 20.3. The Hall–Kier alpha value is -8.98. The van der Waals surface area contributed by atoms with Gasteiger partial charge in [0.1, 0.15) is 11.2 Å². The van der Waals surface area contributed by atoms with Gasteiger partial charge in [0.15, 0.2) is 0 Å². The average molecular weight is 918 g/mol. The standard InChI is InChI=1S/C70H47NO/c1-69(2)58-27-13-8-24-53(58)55-39-37-47(42-62(55)69)71(64-30-16-11-20-49(64)46-34-32-45(33-35-46)44-18-4-3-5-19-44)48-36-38-54-51-22-7-6-21-50(51)52-23-9-14-28-59(52)70(63(54)43-48)60-29-15-10-25-56(60)67-61(70)40-41-66-68(67)57-26-12-17-31-65(57)72-66/h3-43H,1-2H3. The van der Waals surface area contributed by atoms with Crippen molar-refractivity contribution < 1.29 is 4.42 Å². The first kappa shape index (κ1) is 40.9. The van der Waals surface area contributed by atoms with Gasteiger partial charge in [0.25, 0.3) is 0 Å². The molecule has 0 N–H and O–H groups in total. The molecule has 2 heteroatoms. The Morgan fingerprint density at radius 3 is 1.54 bits per heavy atom. The van der Waals surface area contributed by atoms with E-state index in [0.29, 0.717) is 0 Å². The fraction of sp³-hybridized carbons (Fsp3) is 0.0571. The van der Waals surface area contributed by atoms with E-state index in [2.05, 4.69) is 267 Å². The van der Waals surface area contributed by atoms with E-state index < -0.39 is 5.41 Å². The summed E-state index contributed by atoms with van der Waals surface area (Å²) in [6.45, 7) is 4.76. The zero-order valence-electron chi connectivity index (χ0n) is 40.0. The topological polar surface area (TPSA) is 16.4 Å². The lowest BCUT2D eigenvalue weighted by Gasteiger charge is -2.37. The van der Waals surface area contributed by atoms with Crippen molar-refractivity contribution in [3.63, 3.8) is 0 Å². The third-order valence-corrected chi connectivity index (χ3v) is 16.3. The molecule has 1 heterocycles. The molecule has 1 unspecified atom stereocenters. The summed E-state index contributed by atoms with van der Waals surface area (Å²) in [5, 5.41) is 2.30. The summed E-state index contributed by atoms with van der Waals surface area (Å²) in [6.07, 6.45) is 0. The first-order chi connectivity index (χ1) is 35.5. The molecule has 1 atom stereocenters. The van der Waals surface area contributed by atoms with Crippen molar-refractivity contribution in [2.45, 2.75) is 24.7 Å². The summed E-state index contributed by atoms with van der Waals surface area (Å²) in [7, 11) is 0. The van der Waals surface area contributed by atoms with Crippen molar-refractivity contribution in [1.82, 2.24) is 0 Å². The fourth-order valence-electron chi connectivity index (χ4n) is 13.2. The van der Waals surface area contributed by atoms with Crippen LogP contribution in [0.1, 0.15) is 47.2 Å². The van der Waals surface area contributed by atoms with Gasteiger partial charge in [-0.05, 0) is 137 Å². The van der Waals surface area contributed by atoms with Crippen LogP contribution in [0, 0.1) is 0 Å². The Morgan fingerprint density at radius 2 is 0.819 bits per heavy atom. The van der Waals surface area contributed by atoms with Gasteiger partial charge in [-0.2, -0.15) is 0 Å². The molecule has 0 fully saturated rings. The Bertz CT molecular complexity index is 4190. The van der Waals surface area contributed by atoms with E-state index in [1.165, 1.54) is 94.4 Å². The molecule has 72 heavy (non-hydrogen) atoms. The molecule has 15 rings (SSSR count). The van der Waals surface area contributed by atoms with Crippen molar-refractivity contribution >= 4 is 39.0 Å². The minimum absolute atomic E-state index is 0.189. The van der Waals surface area contributed by atoms with Gasteiger partial charge in [-0.25, -0.2) is 0 Å². The molecule has 11 aromatic carbocycles. The molecule has 0 saturated heterocycles. The van der Waals surface area contributed by atoms with E-state index in [1.54, 1.807) is 0 Å². The molecule has 0 aliphatic heterocycles. The van der Waals surface area contributed by atoms with Gasteiger partial charge in [0.2, 0.25) is 0 Å². The number of furan rings is 1.